The first kappa shape index (κ1) is 19.3. The minimum Gasteiger partial charge on any atom is -0.394 e. The van der Waals surface area contributed by atoms with Crippen LogP contribution in [0.4, 0.5) is 0 Å². The Balaban J connectivity index is 1.87. The minimum atomic E-state index is -0.604. The molecular formula is C17H28N2O4S. The SMILES string of the molecule is CCO[C@H]1C[C@](CO)(NC(=O)CSCc2c(C)noc2C)C1(C)C. The Labute approximate surface area is 147 Å². The maximum absolute atomic E-state index is 12.3. The number of nitrogens with one attached hydrogen (secondary N) is 1. The van der Waals surface area contributed by atoms with Gasteiger partial charge >= 0.3 is 0 Å². The molecule has 0 bridgehead atoms. The normalized spacial score (nSPS) is 25.3. The van der Waals surface area contributed by atoms with Gasteiger partial charge in [-0.05, 0) is 20.8 Å². The monoisotopic (exact) mass is 356 g/mol. The van der Waals surface area contributed by atoms with Crippen molar-refractivity contribution in [1.82, 2.24) is 10.5 Å². The molecule has 0 radical (unpaired) electrons. The Bertz CT molecular complexity index is 568. The van der Waals surface area contributed by atoms with Crippen molar-refractivity contribution < 1.29 is 19.2 Å². The van der Waals surface area contributed by atoms with Crippen LogP contribution in [0.15, 0.2) is 4.52 Å². The number of thioether (sulfide) groups is 1. The Morgan fingerprint density at radius 2 is 2.21 bits per heavy atom. The van der Waals surface area contributed by atoms with Crippen LogP contribution in [0.2, 0.25) is 0 Å². The number of rotatable bonds is 8. The molecule has 2 rings (SSSR count). The van der Waals surface area contributed by atoms with E-state index in [-0.39, 0.29) is 24.0 Å². The molecule has 0 aromatic carbocycles. The summed E-state index contributed by atoms with van der Waals surface area (Å²) in [7, 11) is 0. The summed E-state index contributed by atoms with van der Waals surface area (Å²) in [5.74, 6) is 1.75. The summed E-state index contributed by atoms with van der Waals surface area (Å²) in [5, 5.41) is 16.8. The Morgan fingerprint density at radius 1 is 1.50 bits per heavy atom. The summed E-state index contributed by atoms with van der Waals surface area (Å²) in [4.78, 5) is 12.3. The number of carbonyl (C=O) groups excluding carboxylic acids is 1. The second-order valence-corrected chi connectivity index (χ2v) is 7.94. The van der Waals surface area contributed by atoms with Gasteiger partial charge in [-0.1, -0.05) is 19.0 Å². The van der Waals surface area contributed by atoms with Crippen LogP contribution in [0.5, 0.6) is 0 Å². The van der Waals surface area contributed by atoms with Gasteiger partial charge in [0.15, 0.2) is 0 Å². The largest absolute Gasteiger partial charge is 0.394 e. The first-order valence-corrected chi connectivity index (χ1v) is 9.46. The molecule has 136 valence electrons. The van der Waals surface area contributed by atoms with E-state index in [1.165, 1.54) is 11.8 Å². The summed E-state index contributed by atoms with van der Waals surface area (Å²) < 4.78 is 10.8. The van der Waals surface area contributed by atoms with Crippen molar-refractivity contribution >= 4 is 17.7 Å². The number of nitrogens with zero attached hydrogens (tertiary/aromatic N) is 1. The number of aliphatic hydroxyl groups excluding tert-OH is 1. The highest BCUT2D eigenvalue weighted by atomic mass is 32.2. The van der Waals surface area contributed by atoms with Crippen molar-refractivity contribution in [3.8, 4) is 0 Å². The quantitative estimate of drug-likeness (QED) is 0.743. The van der Waals surface area contributed by atoms with E-state index in [1.54, 1.807) is 0 Å². The molecule has 0 unspecified atom stereocenters. The van der Waals surface area contributed by atoms with Gasteiger partial charge in [0.25, 0.3) is 0 Å². The van der Waals surface area contributed by atoms with Crippen LogP contribution in [-0.4, -0.2) is 46.8 Å². The van der Waals surface area contributed by atoms with Crippen molar-refractivity contribution in [2.24, 2.45) is 5.41 Å². The Morgan fingerprint density at radius 3 is 2.71 bits per heavy atom. The van der Waals surface area contributed by atoms with E-state index in [0.29, 0.717) is 24.5 Å². The molecule has 7 heteroatoms. The molecule has 0 spiro atoms. The predicted octanol–water partition coefficient (Wildman–Crippen LogP) is 2.21. The molecule has 0 aliphatic heterocycles. The topological polar surface area (TPSA) is 84.6 Å². The van der Waals surface area contributed by atoms with Gasteiger partial charge in [0.1, 0.15) is 5.76 Å². The number of amides is 1. The van der Waals surface area contributed by atoms with E-state index in [4.69, 9.17) is 9.26 Å². The summed E-state index contributed by atoms with van der Waals surface area (Å²) in [6, 6.07) is 0. The standard InChI is InChI=1S/C17H28N2O4S/c1-6-22-14-7-17(10-20,16(14,4)5)18-15(21)9-24-8-13-11(2)19-23-12(13)3/h14,20H,6-10H2,1-5H3,(H,18,21)/t14-,17+/m0/s1. The number of aryl methyl sites for hydroxylation is 2. The molecule has 1 aliphatic carbocycles. The molecule has 1 fully saturated rings. The zero-order chi connectivity index (χ0) is 18.0. The molecule has 0 saturated heterocycles. The van der Waals surface area contributed by atoms with E-state index in [1.807, 2.05) is 34.6 Å². The van der Waals surface area contributed by atoms with Crippen LogP contribution in [0.3, 0.4) is 0 Å². The number of hydrogen-bond acceptors (Lipinski definition) is 6. The van der Waals surface area contributed by atoms with Gasteiger partial charge in [0, 0.05) is 29.8 Å². The molecule has 2 atom stereocenters. The van der Waals surface area contributed by atoms with Crippen LogP contribution in [0, 0.1) is 19.3 Å². The summed E-state index contributed by atoms with van der Waals surface area (Å²) in [6.45, 7) is 10.4. The second kappa shape index (κ2) is 7.45. The zero-order valence-corrected chi connectivity index (χ0v) is 16.0. The minimum absolute atomic E-state index is 0.0601. The molecule has 1 saturated carbocycles. The highest BCUT2D eigenvalue weighted by Gasteiger charge is 2.61. The lowest BCUT2D eigenvalue weighted by Gasteiger charge is -2.60. The first-order chi connectivity index (χ1) is 11.3. The molecule has 1 aliphatic rings. The van der Waals surface area contributed by atoms with E-state index in [9.17, 15) is 9.90 Å². The number of ether oxygens (including phenoxy) is 1. The average molecular weight is 356 g/mol. The van der Waals surface area contributed by atoms with E-state index in [2.05, 4.69) is 10.5 Å². The van der Waals surface area contributed by atoms with Gasteiger partial charge in [-0.25, -0.2) is 0 Å². The van der Waals surface area contributed by atoms with Crippen molar-refractivity contribution in [1.29, 1.82) is 0 Å². The van der Waals surface area contributed by atoms with Crippen LogP contribution >= 0.6 is 11.8 Å². The fourth-order valence-corrected chi connectivity index (χ4v) is 4.23. The van der Waals surface area contributed by atoms with Crippen LogP contribution in [-0.2, 0) is 15.3 Å². The van der Waals surface area contributed by atoms with E-state index in [0.717, 1.165) is 17.0 Å². The maximum Gasteiger partial charge on any atom is 0.230 e. The maximum atomic E-state index is 12.3. The van der Waals surface area contributed by atoms with Gasteiger partial charge in [0.2, 0.25) is 5.91 Å². The predicted molar refractivity (Wildman–Crippen MR) is 93.9 cm³/mol. The smallest absolute Gasteiger partial charge is 0.230 e. The fourth-order valence-electron chi connectivity index (χ4n) is 3.26. The van der Waals surface area contributed by atoms with E-state index < -0.39 is 5.54 Å². The zero-order valence-electron chi connectivity index (χ0n) is 15.1. The lowest BCUT2D eigenvalue weighted by molar-refractivity contribution is -0.180. The number of carbonyl (C=O) groups is 1. The molecule has 1 amide bonds. The molecule has 2 N–H and O–H groups in total. The third kappa shape index (κ3) is 3.48. The molecular weight excluding hydrogens is 328 g/mol. The average Bonchev–Trinajstić information content (AvgIpc) is 2.85. The summed E-state index contributed by atoms with van der Waals surface area (Å²) in [6.07, 6.45) is 0.704. The third-order valence-corrected chi connectivity index (χ3v) is 6.21. The number of hydrogen-bond donors (Lipinski definition) is 2. The number of aliphatic hydroxyl groups is 1. The second-order valence-electron chi connectivity index (χ2n) is 6.95. The highest BCUT2D eigenvalue weighted by molar-refractivity contribution is 7.99. The number of aromatic nitrogens is 1. The van der Waals surface area contributed by atoms with Gasteiger partial charge < -0.3 is 19.7 Å². The summed E-state index contributed by atoms with van der Waals surface area (Å²) >= 11 is 1.52. The lowest BCUT2D eigenvalue weighted by Crippen LogP contribution is -2.74. The molecule has 24 heavy (non-hydrogen) atoms. The van der Waals surface area contributed by atoms with Gasteiger partial charge in [-0.2, -0.15) is 0 Å². The van der Waals surface area contributed by atoms with Crippen molar-refractivity contribution in [3.63, 3.8) is 0 Å². The van der Waals surface area contributed by atoms with Crippen LogP contribution in [0.1, 0.15) is 44.2 Å². The van der Waals surface area contributed by atoms with Gasteiger partial charge in [0.05, 0.1) is 29.7 Å². The third-order valence-electron chi connectivity index (χ3n) is 5.25. The van der Waals surface area contributed by atoms with Crippen LogP contribution < -0.4 is 5.32 Å². The summed E-state index contributed by atoms with van der Waals surface area (Å²) in [5.41, 5.74) is 1.02. The van der Waals surface area contributed by atoms with Gasteiger partial charge in [-0.3, -0.25) is 4.79 Å². The fraction of sp³-hybridized carbons (Fsp3) is 0.765. The lowest BCUT2D eigenvalue weighted by atomic mass is 9.54. The Kier molecular flexibility index (Phi) is 5.99. The molecule has 1 heterocycles. The Hall–Kier alpha value is -1.05. The van der Waals surface area contributed by atoms with Crippen LogP contribution in [0.25, 0.3) is 0 Å². The van der Waals surface area contributed by atoms with Gasteiger partial charge in [-0.15, -0.1) is 11.8 Å². The molecule has 6 nitrogen and oxygen atoms in total. The van der Waals surface area contributed by atoms with Crippen molar-refractivity contribution in [2.75, 3.05) is 19.0 Å². The molecule has 1 aromatic rings. The first-order valence-electron chi connectivity index (χ1n) is 8.30. The molecule has 1 aromatic heterocycles. The van der Waals surface area contributed by atoms with Crippen molar-refractivity contribution in [3.05, 3.63) is 17.0 Å². The van der Waals surface area contributed by atoms with E-state index >= 15 is 0 Å². The highest BCUT2D eigenvalue weighted by Crippen LogP contribution is 2.51. The van der Waals surface area contributed by atoms with Crippen molar-refractivity contribution in [2.45, 2.75) is 58.4 Å².